The Labute approximate surface area is 238 Å². The highest BCUT2D eigenvalue weighted by atomic mass is 19.4. The molecule has 3 aromatic rings. The lowest BCUT2D eigenvalue weighted by atomic mass is 9.86. The summed E-state index contributed by atoms with van der Waals surface area (Å²) in [5.41, 5.74) is -3.13. The van der Waals surface area contributed by atoms with Gasteiger partial charge < -0.3 is 15.0 Å². The number of nitrogens with one attached hydrogen (secondary N) is 1. The van der Waals surface area contributed by atoms with Gasteiger partial charge in [0.1, 0.15) is 11.6 Å². The maximum absolute atomic E-state index is 13.8. The number of likely N-dealkylation sites (N-methyl/N-ethyl adjacent to an activating group) is 1. The third-order valence-electron chi connectivity index (χ3n) is 7.53. The molecule has 42 heavy (non-hydrogen) atoms. The van der Waals surface area contributed by atoms with Gasteiger partial charge in [0.05, 0.1) is 30.3 Å². The quantitative estimate of drug-likeness (QED) is 0.444. The third kappa shape index (κ3) is 5.10. The molecule has 13 heteroatoms. The number of fused-ring (bicyclic) bond motifs is 1. The molecule has 2 aromatic carbocycles. The van der Waals surface area contributed by atoms with Crippen molar-refractivity contribution in [1.29, 1.82) is 0 Å². The van der Waals surface area contributed by atoms with E-state index in [0.29, 0.717) is 15.8 Å². The second-order valence-corrected chi connectivity index (χ2v) is 10.6. The molecule has 1 unspecified atom stereocenters. The summed E-state index contributed by atoms with van der Waals surface area (Å²) >= 11 is 0. The van der Waals surface area contributed by atoms with Crippen LogP contribution in [-0.4, -0.2) is 47.1 Å². The van der Waals surface area contributed by atoms with E-state index in [1.165, 1.54) is 36.9 Å². The van der Waals surface area contributed by atoms with Crippen molar-refractivity contribution in [1.82, 2.24) is 14.5 Å². The van der Waals surface area contributed by atoms with Crippen molar-refractivity contribution in [3.05, 3.63) is 91.3 Å². The van der Waals surface area contributed by atoms with Gasteiger partial charge >= 0.3 is 17.8 Å². The number of benzene rings is 2. The molecule has 1 N–H and O–H groups in total. The largest absolute Gasteiger partial charge is 0.467 e. The Morgan fingerprint density at radius 3 is 2.38 bits per heavy atom. The van der Waals surface area contributed by atoms with Crippen LogP contribution in [0.4, 0.5) is 18.9 Å². The molecule has 10 nitrogen and oxygen atoms in total. The number of aromatic nitrogens is 2. The van der Waals surface area contributed by atoms with Crippen LogP contribution in [0.5, 0.6) is 0 Å². The first-order valence-electron chi connectivity index (χ1n) is 12.8. The number of hydrogen-bond acceptors (Lipinski definition) is 6. The number of carbonyl (C=O) groups is 3. The highest BCUT2D eigenvalue weighted by Crippen LogP contribution is 2.41. The van der Waals surface area contributed by atoms with Crippen LogP contribution in [0.1, 0.15) is 53.4 Å². The molecule has 1 aliphatic heterocycles. The number of hydrogen-bond donors (Lipinski definition) is 1. The van der Waals surface area contributed by atoms with Crippen LogP contribution in [0.25, 0.3) is 5.69 Å². The molecule has 0 radical (unpaired) electrons. The van der Waals surface area contributed by atoms with Gasteiger partial charge in [-0.2, -0.15) is 13.2 Å². The van der Waals surface area contributed by atoms with Gasteiger partial charge in [0, 0.05) is 18.9 Å². The molecule has 2 heterocycles. The van der Waals surface area contributed by atoms with Crippen LogP contribution in [-0.2, 0) is 32.5 Å². The van der Waals surface area contributed by atoms with E-state index in [-0.39, 0.29) is 22.7 Å². The topological polar surface area (TPSA) is 120 Å². The number of nitrogens with zero attached hydrogens (tertiary/aromatic N) is 3. The van der Waals surface area contributed by atoms with E-state index < -0.39 is 58.4 Å². The number of anilines is 1. The summed E-state index contributed by atoms with van der Waals surface area (Å²) in [6.07, 6.45) is -3.66. The van der Waals surface area contributed by atoms with E-state index in [4.69, 9.17) is 0 Å². The minimum absolute atomic E-state index is 0.0402. The molecule has 4 rings (SSSR count). The first-order valence-corrected chi connectivity index (χ1v) is 12.8. The Bertz CT molecular complexity index is 1740. The maximum atomic E-state index is 13.8. The monoisotopic (exact) mass is 586 g/mol. The fourth-order valence-electron chi connectivity index (χ4n) is 5.04. The summed E-state index contributed by atoms with van der Waals surface area (Å²) in [4.78, 5) is 66.6. The number of amides is 2. The minimum Gasteiger partial charge on any atom is -0.467 e. The zero-order valence-corrected chi connectivity index (χ0v) is 23.8. The lowest BCUT2D eigenvalue weighted by Crippen LogP contribution is -2.46. The van der Waals surface area contributed by atoms with E-state index in [2.05, 4.69) is 10.1 Å². The average molecular weight is 587 g/mol. The van der Waals surface area contributed by atoms with Crippen molar-refractivity contribution >= 4 is 23.5 Å². The zero-order chi connectivity index (χ0) is 31.3. The maximum Gasteiger partial charge on any atom is 0.416 e. The van der Waals surface area contributed by atoms with Gasteiger partial charge in [-0.1, -0.05) is 12.1 Å². The Balaban J connectivity index is 1.94. The Hall–Kier alpha value is -4.68. The van der Waals surface area contributed by atoms with E-state index in [1.54, 1.807) is 33.0 Å². The standard InChI is InChI=1S/C29H29F3N4O6/c1-15-17(8-7-9-20(15)29(30,31)32)13-36-24(38)19(23(37)33-16(2)25(39)42-6)14-35(27(36)41)18-10-11-22-21(12-18)28(3,4)26(40)34(22)5/h7-12,14,16H,13H2,1-6H3,(H,33,37). The molecule has 1 aliphatic rings. The van der Waals surface area contributed by atoms with Gasteiger partial charge in [0.15, 0.2) is 0 Å². The number of halogens is 3. The number of esters is 1. The first-order chi connectivity index (χ1) is 19.5. The Kier molecular flexibility index (Phi) is 7.66. The SMILES string of the molecule is COC(=O)C(C)NC(=O)c1cn(-c2ccc3c(c2)C(C)(C)C(=O)N3C)c(=O)n(Cc2cccc(C(F)(F)F)c2C)c1=O. The molecule has 1 atom stereocenters. The Morgan fingerprint density at radius 2 is 1.76 bits per heavy atom. The molecular weight excluding hydrogens is 557 g/mol. The van der Waals surface area contributed by atoms with Crippen molar-refractivity contribution in [2.45, 2.75) is 51.9 Å². The normalized spacial score (nSPS) is 14.9. The number of rotatable bonds is 6. The fourth-order valence-corrected chi connectivity index (χ4v) is 5.04. The van der Waals surface area contributed by atoms with Crippen LogP contribution in [0.2, 0.25) is 0 Å². The molecule has 0 fully saturated rings. The summed E-state index contributed by atoms with van der Waals surface area (Å²) in [5, 5.41) is 2.34. The highest BCUT2D eigenvalue weighted by Gasteiger charge is 2.42. The summed E-state index contributed by atoms with van der Waals surface area (Å²) in [6, 6.07) is 6.99. The molecule has 0 saturated carbocycles. The van der Waals surface area contributed by atoms with Crippen LogP contribution in [0.3, 0.4) is 0 Å². The van der Waals surface area contributed by atoms with E-state index >= 15 is 0 Å². The molecule has 0 spiro atoms. The number of methoxy groups -OCH3 is 1. The average Bonchev–Trinajstić information content (AvgIpc) is 3.10. The molecule has 0 saturated heterocycles. The highest BCUT2D eigenvalue weighted by molar-refractivity contribution is 6.07. The predicted octanol–water partition coefficient (Wildman–Crippen LogP) is 2.92. The third-order valence-corrected chi connectivity index (χ3v) is 7.53. The van der Waals surface area contributed by atoms with Gasteiger partial charge in [-0.05, 0) is 68.7 Å². The summed E-state index contributed by atoms with van der Waals surface area (Å²) < 4.78 is 47.0. The minimum atomic E-state index is -4.67. The Morgan fingerprint density at radius 1 is 1.10 bits per heavy atom. The lowest BCUT2D eigenvalue weighted by Gasteiger charge is -2.19. The lowest BCUT2D eigenvalue weighted by molar-refractivity contribution is -0.142. The first kappa shape index (κ1) is 30.3. The van der Waals surface area contributed by atoms with Crippen LogP contribution >= 0.6 is 0 Å². The van der Waals surface area contributed by atoms with Crippen molar-refractivity contribution < 1.29 is 32.3 Å². The number of carbonyl (C=O) groups excluding carboxylic acids is 3. The smallest absolute Gasteiger partial charge is 0.416 e. The summed E-state index contributed by atoms with van der Waals surface area (Å²) in [6.45, 7) is 5.43. The molecule has 2 amide bonds. The number of alkyl halides is 3. The van der Waals surface area contributed by atoms with Crippen molar-refractivity contribution in [3.8, 4) is 5.69 Å². The summed E-state index contributed by atoms with van der Waals surface area (Å²) in [5.74, 6) is -1.97. The van der Waals surface area contributed by atoms with Gasteiger partial charge in [-0.25, -0.2) is 9.59 Å². The van der Waals surface area contributed by atoms with Crippen molar-refractivity contribution in [2.24, 2.45) is 0 Å². The van der Waals surface area contributed by atoms with Gasteiger partial charge in [0.25, 0.3) is 11.5 Å². The molecule has 0 aliphatic carbocycles. The van der Waals surface area contributed by atoms with Gasteiger partial charge in [0.2, 0.25) is 5.91 Å². The zero-order valence-electron chi connectivity index (χ0n) is 23.8. The van der Waals surface area contributed by atoms with E-state index in [9.17, 15) is 37.1 Å². The summed E-state index contributed by atoms with van der Waals surface area (Å²) in [7, 11) is 2.73. The second-order valence-electron chi connectivity index (χ2n) is 10.6. The van der Waals surface area contributed by atoms with E-state index in [1.807, 2.05) is 0 Å². The molecular formula is C29H29F3N4O6. The second kappa shape index (κ2) is 10.6. The van der Waals surface area contributed by atoms with Crippen LogP contribution < -0.4 is 21.5 Å². The predicted molar refractivity (Wildman–Crippen MR) is 147 cm³/mol. The number of ether oxygens (including phenoxy) is 1. The molecule has 222 valence electrons. The van der Waals surface area contributed by atoms with Gasteiger partial charge in [-0.3, -0.25) is 23.5 Å². The van der Waals surface area contributed by atoms with Crippen molar-refractivity contribution in [2.75, 3.05) is 19.1 Å². The van der Waals surface area contributed by atoms with Crippen molar-refractivity contribution in [3.63, 3.8) is 0 Å². The molecule has 1 aromatic heterocycles. The van der Waals surface area contributed by atoms with Crippen LogP contribution in [0.15, 0.2) is 52.2 Å². The molecule has 0 bridgehead atoms. The van der Waals surface area contributed by atoms with Gasteiger partial charge in [-0.15, -0.1) is 0 Å². The van der Waals surface area contributed by atoms with E-state index in [0.717, 1.165) is 23.9 Å². The fraction of sp³-hybridized carbons (Fsp3) is 0.345. The van der Waals surface area contributed by atoms with Crippen LogP contribution in [0, 0.1) is 6.92 Å².